The number of rotatable bonds is 4. The maximum Gasteiger partial charge on any atom is 0.145 e. The van der Waals surface area contributed by atoms with Gasteiger partial charge in [-0.3, -0.25) is 0 Å². The molecule has 0 aliphatic heterocycles. The second-order valence-corrected chi connectivity index (χ2v) is 18.2. The minimum absolute atomic E-state index is 1.01. The van der Waals surface area contributed by atoms with Crippen molar-refractivity contribution in [3.8, 4) is 43.1 Å². The summed E-state index contributed by atoms with van der Waals surface area (Å²) in [6.07, 6.45) is 0. The van der Waals surface area contributed by atoms with Crippen molar-refractivity contribution in [3.63, 3.8) is 0 Å². The highest BCUT2D eigenvalue weighted by atomic mass is 32.2. The van der Waals surface area contributed by atoms with Crippen molar-refractivity contribution >= 4 is 110 Å². The highest BCUT2D eigenvalue weighted by Gasteiger charge is 2.19. The largest absolute Gasteiger partial charge is 0.145 e. The van der Waals surface area contributed by atoms with E-state index < -0.39 is 0 Å². The van der Waals surface area contributed by atoms with Gasteiger partial charge in [0.2, 0.25) is 0 Å². The Bertz CT molecular complexity index is 2050. The van der Waals surface area contributed by atoms with Gasteiger partial charge in [0.15, 0.2) is 0 Å². The van der Waals surface area contributed by atoms with Crippen molar-refractivity contribution in [1.29, 1.82) is 0 Å². The van der Waals surface area contributed by atoms with Crippen molar-refractivity contribution in [2.45, 2.75) is 0 Å². The second kappa shape index (κ2) is 12.5. The van der Waals surface area contributed by atoms with Crippen LogP contribution in [-0.4, -0.2) is 0 Å². The van der Waals surface area contributed by atoms with Crippen molar-refractivity contribution < 1.29 is 0 Å². The molecule has 0 atom stereocenters. The summed E-state index contributed by atoms with van der Waals surface area (Å²) in [6.45, 7) is 0. The summed E-state index contributed by atoms with van der Waals surface area (Å²) in [7, 11) is 0. The summed E-state index contributed by atoms with van der Waals surface area (Å²) in [6, 6.07) is 42.5. The molecule has 4 aromatic heterocycles. The van der Waals surface area contributed by atoms with Crippen LogP contribution in [0, 0.1) is 6.28 Å². The Hall–Kier alpha value is -2.66. The Morgan fingerprint density at radius 2 is 0.643 bits per heavy atom. The highest BCUT2D eigenvalue weighted by molar-refractivity contribution is 7.78. The fourth-order valence-electron chi connectivity index (χ4n) is 4.79. The molecule has 42 heavy (non-hydrogen) atoms. The van der Waals surface area contributed by atoms with Crippen LogP contribution in [0.1, 0.15) is 0 Å². The molecule has 8 rings (SSSR count). The van der Waals surface area contributed by atoms with Gasteiger partial charge < -0.3 is 0 Å². The molecule has 0 saturated heterocycles. The van der Waals surface area contributed by atoms with Gasteiger partial charge in [-0.15, -0.1) is 68.0 Å². The van der Waals surface area contributed by atoms with Gasteiger partial charge in [0, 0.05) is 20.9 Å². The van der Waals surface area contributed by atoms with Crippen LogP contribution in [0.3, 0.4) is 0 Å². The molecule has 204 valence electrons. The molecule has 0 amide bonds. The zero-order valence-corrected chi connectivity index (χ0v) is 28.3. The molecule has 0 radical (unpaired) electrons. The van der Waals surface area contributed by atoms with E-state index >= 15 is 0 Å². The van der Waals surface area contributed by atoms with E-state index in [1.807, 2.05) is 22.7 Å². The van der Waals surface area contributed by atoms with E-state index in [0.717, 1.165) is 6.28 Å². The number of thiophene rings is 2. The monoisotopic (exact) mass is 684 g/mol. The van der Waals surface area contributed by atoms with Crippen LogP contribution < -0.4 is 0 Å². The lowest BCUT2D eigenvalue weighted by Crippen LogP contribution is -1.78. The van der Waals surface area contributed by atoms with Crippen molar-refractivity contribution in [3.05, 3.63) is 128 Å². The molecule has 0 fully saturated rings. The van der Waals surface area contributed by atoms with Crippen LogP contribution in [-0.2, 0) is 0 Å². The maximum absolute atomic E-state index is 5.38. The molecule has 0 aliphatic rings. The van der Waals surface area contributed by atoms with Gasteiger partial charge in [0.05, 0.1) is 9.40 Å². The minimum atomic E-state index is 1.01. The minimum Gasteiger partial charge on any atom is -0.123 e. The van der Waals surface area contributed by atoms with Crippen LogP contribution >= 0.6 is 92.5 Å². The van der Waals surface area contributed by atoms with E-state index in [1.54, 1.807) is 45.3 Å². The van der Waals surface area contributed by atoms with Crippen LogP contribution in [0.25, 0.3) is 60.6 Å². The van der Waals surface area contributed by atoms with E-state index in [4.69, 9.17) is 24.4 Å². The van der Waals surface area contributed by atoms with Gasteiger partial charge in [0.25, 0.3) is 0 Å². The van der Waals surface area contributed by atoms with Gasteiger partial charge in [-0.2, -0.15) is 0 Å². The molecule has 8 heteroatoms. The number of benzene rings is 4. The van der Waals surface area contributed by atoms with Gasteiger partial charge in [0.1, 0.15) is 14.3 Å². The van der Waals surface area contributed by atoms with E-state index in [0.29, 0.717) is 0 Å². The Labute approximate surface area is 278 Å². The highest BCUT2D eigenvalue weighted by Crippen LogP contribution is 2.50. The topological polar surface area (TPSA) is 0 Å². The second-order valence-electron chi connectivity index (χ2n) is 9.22. The summed E-state index contributed by atoms with van der Waals surface area (Å²) in [5.41, 5.74) is 7.77. The number of hydrogen-bond donors (Lipinski definition) is 0. The molecule has 0 unspecified atom stereocenters. The summed E-state index contributed by atoms with van der Waals surface area (Å²) in [5, 5.41) is 0. The lowest BCUT2D eigenvalue weighted by molar-refractivity contribution is 1.67. The van der Waals surface area contributed by atoms with E-state index in [-0.39, 0.29) is 0 Å². The average Bonchev–Trinajstić information content (AvgIpc) is 3.77. The SMILES string of the molecule is S=c1sc2sc(-c3ccccc3)c(-c3ccccc3)c2s1.S=c1sc2sc(-c3ccccc3)c(-c3ccccc3)c2s1. The third-order valence-corrected chi connectivity index (χ3v) is 14.8. The predicted molar refractivity (Wildman–Crippen MR) is 199 cm³/mol. The van der Waals surface area contributed by atoms with Gasteiger partial charge in [-0.25, -0.2) is 0 Å². The predicted octanol–water partition coefficient (Wildman–Crippen LogP) is 14.2. The van der Waals surface area contributed by atoms with Gasteiger partial charge >= 0.3 is 0 Å². The summed E-state index contributed by atoms with van der Waals surface area (Å²) in [4.78, 5) is 2.68. The fraction of sp³-hybridized carbons (Fsp3) is 0. The van der Waals surface area contributed by atoms with E-state index in [2.05, 4.69) is 121 Å². The zero-order chi connectivity index (χ0) is 28.5. The molecule has 0 spiro atoms. The molecule has 4 aromatic carbocycles. The maximum atomic E-state index is 5.38. The smallest absolute Gasteiger partial charge is 0.123 e. The fourth-order valence-corrected chi connectivity index (χ4v) is 14.0. The van der Waals surface area contributed by atoms with Gasteiger partial charge in [-0.1, -0.05) is 146 Å². The first kappa shape index (κ1) is 28.1. The molecule has 4 heterocycles. The molecule has 0 bridgehead atoms. The van der Waals surface area contributed by atoms with E-state index in [9.17, 15) is 0 Å². The van der Waals surface area contributed by atoms with Crippen molar-refractivity contribution in [1.82, 2.24) is 0 Å². The molecule has 0 saturated carbocycles. The van der Waals surface area contributed by atoms with Crippen molar-refractivity contribution in [2.75, 3.05) is 0 Å². The van der Waals surface area contributed by atoms with Crippen LogP contribution in [0.4, 0.5) is 0 Å². The number of hydrogen-bond acceptors (Lipinski definition) is 8. The first-order valence-electron chi connectivity index (χ1n) is 13.0. The standard InChI is InChI=1S/2C17H10S4/c2*18-17-20-15-13(11-7-3-1-4-8-11)14(19-16(15)21-17)12-9-5-2-6-10-12/h2*1-10H. The molecule has 0 aliphatic carbocycles. The molecular weight excluding hydrogens is 665 g/mol. The van der Waals surface area contributed by atoms with Crippen LogP contribution in [0.2, 0.25) is 0 Å². The quantitative estimate of drug-likeness (QED) is 0.169. The Morgan fingerprint density at radius 3 is 0.976 bits per heavy atom. The molecule has 0 N–H and O–H groups in total. The molecule has 0 nitrogen and oxygen atoms in total. The first-order chi connectivity index (χ1) is 20.7. The normalized spacial score (nSPS) is 11.0. The summed E-state index contributed by atoms with van der Waals surface area (Å²) >= 11 is 21.4. The third kappa shape index (κ3) is 5.66. The summed E-state index contributed by atoms with van der Waals surface area (Å²) < 4.78 is 7.35. The van der Waals surface area contributed by atoms with Crippen molar-refractivity contribution in [2.24, 2.45) is 0 Å². The first-order valence-corrected chi connectivity index (χ1v) is 18.7. The molecule has 8 aromatic rings. The Balaban J connectivity index is 0.000000137. The zero-order valence-electron chi connectivity index (χ0n) is 21.8. The lowest BCUT2D eigenvalue weighted by Gasteiger charge is -2.04. The Morgan fingerprint density at radius 1 is 0.333 bits per heavy atom. The lowest BCUT2D eigenvalue weighted by atomic mass is 10.0. The number of fused-ring (bicyclic) bond motifs is 2. The van der Waals surface area contributed by atoms with Gasteiger partial charge in [-0.05, 0) is 22.3 Å². The van der Waals surface area contributed by atoms with Crippen LogP contribution in [0.15, 0.2) is 121 Å². The Kier molecular flexibility index (Phi) is 8.39. The average molecular weight is 685 g/mol. The summed E-state index contributed by atoms with van der Waals surface area (Å²) in [5.74, 6) is 0. The van der Waals surface area contributed by atoms with E-state index in [1.165, 1.54) is 60.6 Å². The molecular formula is C34H20S8. The third-order valence-electron chi connectivity index (χ3n) is 6.59. The van der Waals surface area contributed by atoms with Crippen LogP contribution in [0.5, 0.6) is 0 Å².